The predicted octanol–water partition coefficient (Wildman–Crippen LogP) is 2.11. The lowest BCUT2D eigenvalue weighted by molar-refractivity contribution is 0.495. The van der Waals surface area contributed by atoms with E-state index < -0.39 is 10.2 Å². The first-order chi connectivity index (χ1) is 8.75. The van der Waals surface area contributed by atoms with Crippen LogP contribution in [-0.2, 0) is 16.6 Å². The summed E-state index contributed by atoms with van der Waals surface area (Å²) in [7, 11) is -0.253. The molecule has 0 spiro atoms. The molecular weight excluding hydrogens is 260 g/mol. The number of anilines is 1. The SMILES string of the molecule is Cc1ccc(C)c2c1CC(C)CN2S(=O)(=O)N(C)C. The van der Waals surface area contributed by atoms with Crippen LogP contribution in [0.4, 0.5) is 5.69 Å². The Labute approximate surface area is 116 Å². The summed E-state index contributed by atoms with van der Waals surface area (Å²) in [6.07, 6.45) is 0.947. The van der Waals surface area contributed by atoms with E-state index in [1.165, 1.54) is 15.4 Å². The Bertz CT molecular complexity index is 594. The van der Waals surface area contributed by atoms with Crippen LogP contribution in [0.1, 0.15) is 23.6 Å². The van der Waals surface area contributed by atoms with E-state index in [9.17, 15) is 8.42 Å². The molecular formula is C14H22N2O2S. The lowest BCUT2D eigenvalue weighted by atomic mass is 9.90. The maximum atomic E-state index is 12.5. The van der Waals surface area contributed by atoms with Crippen LogP contribution < -0.4 is 4.31 Å². The summed E-state index contributed by atoms with van der Waals surface area (Å²) in [5.41, 5.74) is 4.25. The van der Waals surface area contributed by atoms with Gasteiger partial charge in [0.25, 0.3) is 0 Å². The first kappa shape index (κ1) is 14.3. The highest BCUT2D eigenvalue weighted by Crippen LogP contribution is 2.36. The highest BCUT2D eigenvalue weighted by Gasteiger charge is 2.33. The minimum absolute atomic E-state index is 0.336. The van der Waals surface area contributed by atoms with Gasteiger partial charge in [0, 0.05) is 20.6 Å². The summed E-state index contributed by atoms with van der Waals surface area (Å²) in [4.78, 5) is 0. The first-order valence-corrected chi connectivity index (χ1v) is 7.94. The minimum Gasteiger partial charge on any atom is -0.257 e. The Morgan fingerprint density at radius 2 is 1.79 bits per heavy atom. The smallest absolute Gasteiger partial charge is 0.257 e. The topological polar surface area (TPSA) is 40.6 Å². The summed E-state index contributed by atoms with van der Waals surface area (Å²) >= 11 is 0. The molecule has 1 aliphatic heterocycles. The Morgan fingerprint density at radius 1 is 1.21 bits per heavy atom. The van der Waals surface area contributed by atoms with Crippen molar-refractivity contribution in [2.45, 2.75) is 27.2 Å². The molecule has 1 aromatic carbocycles. The molecule has 0 aromatic heterocycles. The summed E-state index contributed by atoms with van der Waals surface area (Å²) in [6.45, 7) is 6.68. The molecule has 0 fully saturated rings. The zero-order valence-electron chi connectivity index (χ0n) is 12.3. The van der Waals surface area contributed by atoms with E-state index in [1.807, 2.05) is 13.0 Å². The van der Waals surface area contributed by atoms with E-state index in [1.54, 1.807) is 18.4 Å². The van der Waals surface area contributed by atoms with Crippen LogP contribution >= 0.6 is 0 Å². The normalized spacial score (nSPS) is 19.7. The zero-order chi connectivity index (χ0) is 14.4. The van der Waals surface area contributed by atoms with Gasteiger partial charge in [0.2, 0.25) is 0 Å². The molecule has 4 nitrogen and oxygen atoms in total. The van der Waals surface area contributed by atoms with Crippen molar-refractivity contribution >= 4 is 15.9 Å². The van der Waals surface area contributed by atoms with Gasteiger partial charge in [-0.2, -0.15) is 12.7 Å². The molecule has 0 saturated heterocycles. The van der Waals surface area contributed by atoms with Crippen molar-refractivity contribution in [1.29, 1.82) is 0 Å². The van der Waals surface area contributed by atoms with Gasteiger partial charge in [-0.1, -0.05) is 19.1 Å². The number of hydrogen-bond acceptors (Lipinski definition) is 2. The van der Waals surface area contributed by atoms with Crippen molar-refractivity contribution in [3.05, 3.63) is 28.8 Å². The summed E-state index contributed by atoms with van der Waals surface area (Å²) in [6, 6.07) is 4.08. The molecule has 0 bridgehead atoms. The van der Waals surface area contributed by atoms with E-state index in [0.717, 1.165) is 17.7 Å². The Hall–Kier alpha value is -1.07. The van der Waals surface area contributed by atoms with Gasteiger partial charge in [-0.25, -0.2) is 0 Å². The lowest BCUT2D eigenvalue weighted by Crippen LogP contribution is -2.45. The van der Waals surface area contributed by atoms with Crippen LogP contribution in [0.15, 0.2) is 12.1 Å². The molecule has 5 heteroatoms. The second-order valence-corrected chi connectivity index (χ2v) is 7.72. The van der Waals surface area contributed by atoms with Crippen LogP contribution in [0.25, 0.3) is 0 Å². The molecule has 2 rings (SSSR count). The molecule has 0 N–H and O–H groups in total. The fourth-order valence-electron chi connectivity index (χ4n) is 2.65. The second-order valence-electron chi connectivity index (χ2n) is 5.66. The third-order valence-electron chi connectivity index (χ3n) is 3.74. The quantitative estimate of drug-likeness (QED) is 0.833. The van der Waals surface area contributed by atoms with Crippen LogP contribution in [0.2, 0.25) is 0 Å². The maximum absolute atomic E-state index is 12.5. The lowest BCUT2D eigenvalue weighted by Gasteiger charge is -2.37. The molecule has 1 atom stereocenters. The molecule has 1 unspecified atom stereocenters. The molecule has 106 valence electrons. The van der Waals surface area contributed by atoms with Crippen molar-refractivity contribution in [1.82, 2.24) is 4.31 Å². The van der Waals surface area contributed by atoms with Crippen LogP contribution in [-0.4, -0.2) is 33.4 Å². The molecule has 1 aromatic rings. The molecule has 1 aliphatic rings. The van der Waals surface area contributed by atoms with Crippen molar-refractivity contribution in [2.75, 3.05) is 24.9 Å². The number of hydrogen-bond donors (Lipinski definition) is 0. The monoisotopic (exact) mass is 282 g/mol. The van der Waals surface area contributed by atoms with Crippen molar-refractivity contribution in [3.63, 3.8) is 0 Å². The van der Waals surface area contributed by atoms with Crippen LogP contribution in [0, 0.1) is 19.8 Å². The molecule has 1 heterocycles. The van der Waals surface area contributed by atoms with Crippen molar-refractivity contribution < 1.29 is 8.42 Å². The highest BCUT2D eigenvalue weighted by atomic mass is 32.2. The van der Waals surface area contributed by atoms with Crippen molar-refractivity contribution in [2.24, 2.45) is 5.92 Å². The Balaban J connectivity index is 2.66. The number of benzene rings is 1. The van der Waals surface area contributed by atoms with Crippen molar-refractivity contribution in [3.8, 4) is 0 Å². The minimum atomic E-state index is -3.42. The Morgan fingerprint density at radius 3 is 2.37 bits per heavy atom. The van der Waals surface area contributed by atoms with Crippen LogP contribution in [0.5, 0.6) is 0 Å². The maximum Gasteiger partial charge on any atom is 0.303 e. The molecule has 0 radical (unpaired) electrons. The van der Waals surface area contributed by atoms with Gasteiger partial charge in [-0.15, -0.1) is 0 Å². The van der Waals surface area contributed by atoms with E-state index in [-0.39, 0.29) is 0 Å². The molecule has 0 amide bonds. The number of nitrogens with zero attached hydrogens (tertiary/aromatic N) is 2. The number of fused-ring (bicyclic) bond motifs is 1. The predicted molar refractivity (Wildman–Crippen MR) is 78.7 cm³/mol. The fraction of sp³-hybridized carbons (Fsp3) is 0.571. The first-order valence-electron chi connectivity index (χ1n) is 6.54. The fourth-order valence-corrected chi connectivity index (χ4v) is 3.98. The average molecular weight is 282 g/mol. The summed E-state index contributed by atoms with van der Waals surface area (Å²) < 4.78 is 27.9. The third kappa shape index (κ3) is 2.37. The van der Waals surface area contributed by atoms with Gasteiger partial charge < -0.3 is 0 Å². The van der Waals surface area contributed by atoms with Gasteiger partial charge in [0.05, 0.1) is 5.69 Å². The third-order valence-corrected chi connectivity index (χ3v) is 5.55. The molecule has 0 aliphatic carbocycles. The molecule has 0 saturated carbocycles. The van der Waals surface area contributed by atoms with E-state index in [0.29, 0.717) is 12.5 Å². The van der Waals surface area contributed by atoms with Gasteiger partial charge >= 0.3 is 10.2 Å². The Kier molecular flexibility index (Phi) is 3.62. The van der Waals surface area contributed by atoms with E-state index in [2.05, 4.69) is 19.9 Å². The van der Waals surface area contributed by atoms with Gasteiger partial charge in [-0.05, 0) is 42.9 Å². The van der Waals surface area contributed by atoms with Gasteiger partial charge in [0.15, 0.2) is 0 Å². The van der Waals surface area contributed by atoms with Gasteiger partial charge in [0.1, 0.15) is 0 Å². The van der Waals surface area contributed by atoms with Gasteiger partial charge in [-0.3, -0.25) is 4.31 Å². The number of aryl methyl sites for hydroxylation is 2. The van der Waals surface area contributed by atoms with E-state index >= 15 is 0 Å². The zero-order valence-corrected chi connectivity index (χ0v) is 13.1. The molecule has 19 heavy (non-hydrogen) atoms. The average Bonchev–Trinajstić information content (AvgIpc) is 2.32. The summed E-state index contributed by atoms with van der Waals surface area (Å²) in [5, 5.41) is 0. The van der Waals surface area contributed by atoms with Crippen LogP contribution in [0.3, 0.4) is 0 Å². The summed E-state index contributed by atoms with van der Waals surface area (Å²) in [5.74, 6) is 0.336. The number of rotatable bonds is 2. The second kappa shape index (κ2) is 4.80. The largest absolute Gasteiger partial charge is 0.303 e. The standard InChI is InChI=1S/C14H22N2O2S/c1-10-8-13-11(2)6-7-12(3)14(13)16(9-10)19(17,18)15(4)5/h6-7,10H,8-9H2,1-5H3. The van der Waals surface area contributed by atoms with E-state index in [4.69, 9.17) is 0 Å². The highest BCUT2D eigenvalue weighted by molar-refractivity contribution is 7.90.